The van der Waals surface area contributed by atoms with Crippen molar-refractivity contribution < 1.29 is 10.2 Å². The Bertz CT molecular complexity index is 453. The third kappa shape index (κ3) is 7.72. The van der Waals surface area contributed by atoms with Gasteiger partial charge in [-0.05, 0) is 61.1 Å². The Hall–Kier alpha value is -1.96. The van der Waals surface area contributed by atoms with E-state index in [2.05, 4.69) is 13.8 Å². The molecule has 0 saturated carbocycles. The van der Waals surface area contributed by atoms with Gasteiger partial charge in [0.25, 0.3) is 0 Å². The summed E-state index contributed by atoms with van der Waals surface area (Å²) in [5.41, 5.74) is 2.56. The molecule has 0 amide bonds. The minimum absolute atomic E-state index is 0.330. The molecule has 2 aromatic carbocycles. The summed E-state index contributed by atoms with van der Waals surface area (Å²) >= 11 is 0. The second-order valence-corrected chi connectivity index (χ2v) is 5.60. The van der Waals surface area contributed by atoms with E-state index in [0.29, 0.717) is 11.5 Å². The van der Waals surface area contributed by atoms with Gasteiger partial charge in [-0.25, -0.2) is 0 Å². The molecule has 0 fully saturated rings. The lowest BCUT2D eigenvalue weighted by atomic mass is 10.0. The number of aromatic hydroxyl groups is 2. The molecule has 0 unspecified atom stereocenters. The number of hydrogen-bond donors (Lipinski definition) is 2. The van der Waals surface area contributed by atoms with Gasteiger partial charge in [0, 0.05) is 0 Å². The van der Waals surface area contributed by atoms with Crippen molar-refractivity contribution in [2.45, 2.75) is 52.4 Å². The van der Waals surface area contributed by atoms with E-state index in [-0.39, 0.29) is 0 Å². The number of phenols is 2. The fourth-order valence-electron chi connectivity index (χ4n) is 2.16. The molecule has 0 heterocycles. The van der Waals surface area contributed by atoms with E-state index in [0.717, 1.165) is 12.8 Å². The number of phenolic OH excluding ortho intramolecular Hbond substituents is 2. The first kappa shape index (κ1) is 18.1. The molecule has 2 N–H and O–H groups in total. The standard InChI is InChI=1S/C17H20O2.C3H8/c18-16-10-6-14(7-11-16)4-2-1-3-5-15-8-12-17(19)13-9-15;1-3-2/h6-13,18-19H,1-5H2;3H2,1-2H3. The van der Waals surface area contributed by atoms with E-state index < -0.39 is 0 Å². The highest BCUT2D eigenvalue weighted by Gasteiger charge is 1.96. The summed E-state index contributed by atoms with van der Waals surface area (Å²) in [6.07, 6.45) is 6.92. The summed E-state index contributed by atoms with van der Waals surface area (Å²) in [5.74, 6) is 0.659. The molecule has 0 bridgehead atoms. The smallest absolute Gasteiger partial charge is 0.115 e. The molecule has 0 aliphatic carbocycles. The molecule has 22 heavy (non-hydrogen) atoms. The molecule has 0 radical (unpaired) electrons. The van der Waals surface area contributed by atoms with Gasteiger partial charge >= 0.3 is 0 Å². The van der Waals surface area contributed by atoms with E-state index >= 15 is 0 Å². The zero-order valence-corrected chi connectivity index (χ0v) is 13.8. The highest BCUT2D eigenvalue weighted by molar-refractivity contribution is 5.26. The van der Waals surface area contributed by atoms with Crippen molar-refractivity contribution in [3.8, 4) is 11.5 Å². The number of rotatable bonds is 6. The van der Waals surface area contributed by atoms with Gasteiger partial charge in [-0.15, -0.1) is 0 Å². The third-order valence-corrected chi connectivity index (χ3v) is 3.30. The predicted molar refractivity (Wildman–Crippen MR) is 93.4 cm³/mol. The van der Waals surface area contributed by atoms with Crippen LogP contribution in [0.3, 0.4) is 0 Å². The van der Waals surface area contributed by atoms with Crippen LogP contribution < -0.4 is 0 Å². The molecule has 0 saturated heterocycles. The summed E-state index contributed by atoms with van der Waals surface area (Å²) in [6.45, 7) is 4.25. The first-order chi connectivity index (χ1) is 10.7. The van der Waals surface area contributed by atoms with Crippen LogP contribution in [0, 0.1) is 0 Å². The second kappa shape index (κ2) is 10.7. The number of hydrogen-bond acceptors (Lipinski definition) is 2. The van der Waals surface area contributed by atoms with Crippen molar-refractivity contribution in [3.63, 3.8) is 0 Å². The zero-order valence-electron chi connectivity index (χ0n) is 13.8. The van der Waals surface area contributed by atoms with Crippen molar-refractivity contribution in [3.05, 3.63) is 59.7 Å². The summed E-state index contributed by atoms with van der Waals surface area (Å²) in [7, 11) is 0. The molecule has 2 rings (SSSR count). The quantitative estimate of drug-likeness (QED) is 0.694. The zero-order chi connectivity index (χ0) is 16.2. The Morgan fingerprint density at radius 3 is 1.23 bits per heavy atom. The minimum atomic E-state index is 0.330. The van der Waals surface area contributed by atoms with Crippen LogP contribution in [0.25, 0.3) is 0 Å². The first-order valence-corrected chi connectivity index (χ1v) is 8.21. The van der Waals surface area contributed by atoms with Gasteiger partial charge in [-0.3, -0.25) is 0 Å². The summed E-state index contributed by atoms with van der Waals surface area (Å²) in [4.78, 5) is 0. The number of benzene rings is 2. The lowest BCUT2D eigenvalue weighted by Crippen LogP contribution is -1.88. The second-order valence-electron chi connectivity index (χ2n) is 5.60. The summed E-state index contributed by atoms with van der Waals surface area (Å²) in [5, 5.41) is 18.4. The van der Waals surface area contributed by atoms with Gasteiger partial charge in [-0.1, -0.05) is 51.0 Å². The van der Waals surface area contributed by atoms with Crippen LogP contribution in [0.15, 0.2) is 48.5 Å². The Labute approximate surface area is 134 Å². The molecule has 2 heteroatoms. The monoisotopic (exact) mass is 300 g/mol. The molecule has 120 valence electrons. The van der Waals surface area contributed by atoms with Crippen molar-refractivity contribution in [1.29, 1.82) is 0 Å². The van der Waals surface area contributed by atoms with Crippen LogP contribution in [0.4, 0.5) is 0 Å². The van der Waals surface area contributed by atoms with Crippen LogP contribution in [0.1, 0.15) is 50.7 Å². The molecule has 0 aliphatic heterocycles. The maximum absolute atomic E-state index is 9.19. The first-order valence-electron chi connectivity index (χ1n) is 8.21. The predicted octanol–water partition coefficient (Wildman–Crippen LogP) is 5.47. The number of aryl methyl sites for hydroxylation is 2. The Balaban J connectivity index is 0.000000745. The molecule has 0 aliphatic rings. The average Bonchev–Trinajstić information content (AvgIpc) is 2.51. The molecular formula is C20H28O2. The number of unbranched alkanes of at least 4 members (excludes halogenated alkanes) is 2. The van der Waals surface area contributed by atoms with E-state index in [1.165, 1.54) is 36.8 Å². The third-order valence-electron chi connectivity index (χ3n) is 3.30. The molecule has 0 aromatic heterocycles. The van der Waals surface area contributed by atoms with Gasteiger partial charge in [0.05, 0.1) is 0 Å². The Morgan fingerprint density at radius 1 is 0.591 bits per heavy atom. The Morgan fingerprint density at radius 2 is 0.909 bits per heavy atom. The topological polar surface area (TPSA) is 40.5 Å². The van der Waals surface area contributed by atoms with Gasteiger partial charge < -0.3 is 10.2 Å². The normalized spacial score (nSPS) is 9.91. The lowest BCUT2D eigenvalue weighted by molar-refractivity contribution is 0.474. The molecular weight excluding hydrogens is 272 g/mol. The van der Waals surface area contributed by atoms with Gasteiger partial charge in [-0.2, -0.15) is 0 Å². The van der Waals surface area contributed by atoms with E-state index in [1.54, 1.807) is 24.3 Å². The maximum Gasteiger partial charge on any atom is 0.115 e. The van der Waals surface area contributed by atoms with Crippen LogP contribution in [-0.4, -0.2) is 10.2 Å². The van der Waals surface area contributed by atoms with Crippen LogP contribution in [-0.2, 0) is 12.8 Å². The van der Waals surface area contributed by atoms with E-state index in [9.17, 15) is 10.2 Å². The largest absolute Gasteiger partial charge is 0.508 e. The highest BCUT2D eigenvalue weighted by atomic mass is 16.3. The summed E-state index contributed by atoms with van der Waals surface area (Å²) in [6, 6.07) is 14.9. The highest BCUT2D eigenvalue weighted by Crippen LogP contribution is 2.15. The van der Waals surface area contributed by atoms with Gasteiger partial charge in [0.2, 0.25) is 0 Å². The van der Waals surface area contributed by atoms with Crippen molar-refractivity contribution in [2.75, 3.05) is 0 Å². The van der Waals surface area contributed by atoms with Crippen molar-refractivity contribution >= 4 is 0 Å². The maximum atomic E-state index is 9.19. The fraction of sp³-hybridized carbons (Fsp3) is 0.400. The average molecular weight is 300 g/mol. The molecule has 0 spiro atoms. The van der Waals surface area contributed by atoms with Crippen molar-refractivity contribution in [2.24, 2.45) is 0 Å². The Kier molecular flexibility index (Phi) is 8.82. The van der Waals surface area contributed by atoms with Crippen LogP contribution in [0.5, 0.6) is 11.5 Å². The fourth-order valence-corrected chi connectivity index (χ4v) is 2.16. The minimum Gasteiger partial charge on any atom is -0.508 e. The van der Waals surface area contributed by atoms with Crippen LogP contribution >= 0.6 is 0 Å². The van der Waals surface area contributed by atoms with Gasteiger partial charge in [0.15, 0.2) is 0 Å². The molecule has 0 atom stereocenters. The molecule has 2 aromatic rings. The van der Waals surface area contributed by atoms with Crippen molar-refractivity contribution in [1.82, 2.24) is 0 Å². The van der Waals surface area contributed by atoms with Crippen LogP contribution in [0.2, 0.25) is 0 Å². The van der Waals surface area contributed by atoms with Gasteiger partial charge in [0.1, 0.15) is 11.5 Å². The SMILES string of the molecule is CCC.Oc1ccc(CCCCCc2ccc(O)cc2)cc1. The van der Waals surface area contributed by atoms with E-state index in [1.807, 2.05) is 24.3 Å². The molecule has 2 nitrogen and oxygen atoms in total. The summed E-state index contributed by atoms with van der Waals surface area (Å²) < 4.78 is 0. The lowest BCUT2D eigenvalue weighted by Gasteiger charge is -2.03. The van der Waals surface area contributed by atoms with E-state index in [4.69, 9.17) is 0 Å².